The summed E-state index contributed by atoms with van der Waals surface area (Å²) < 4.78 is 0. The van der Waals surface area contributed by atoms with E-state index in [9.17, 15) is 0 Å². The van der Waals surface area contributed by atoms with Crippen molar-refractivity contribution in [3.63, 3.8) is 0 Å². The van der Waals surface area contributed by atoms with Crippen molar-refractivity contribution >= 4 is 6.21 Å². The number of allylic oxidation sites excluding steroid dienone is 5. The van der Waals surface area contributed by atoms with Crippen LogP contribution in [0.15, 0.2) is 41.1 Å². The van der Waals surface area contributed by atoms with Gasteiger partial charge in [-0.05, 0) is 57.9 Å². The molecule has 0 aromatic heterocycles. The Morgan fingerprint density at radius 1 is 0.857 bits per heavy atom. The molecular formula is C27H53N. The highest BCUT2D eigenvalue weighted by Crippen LogP contribution is 2.17. The molecule has 0 unspecified atom stereocenters. The Bertz CT molecular complexity index is 379. The molecule has 0 radical (unpaired) electrons. The van der Waals surface area contributed by atoms with Gasteiger partial charge in [0, 0.05) is 11.9 Å². The lowest BCUT2D eigenvalue weighted by molar-refractivity contribution is 0.496. The van der Waals surface area contributed by atoms with Crippen LogP contribution in [0.2, 0.25) is 0 Å². The molecule has 0 fully saturated rings. The average molecular weight is 392 g/mol. The molecule has 166 valence electrons. The standard InChI is InChI=1S/C14H28.C11H19N.C2H6/c1-4-7-10-13-14(11-8-5-2)12-9-6-3;1-5-6-7-11(4)8-9-12-10(2)3;1-2/h10,13-14H,4-9,11-12H2,1-3H3;8-9H,2,5-7H2,1,3-4H3;1-2H3/b13-10-;11-8+,12-9?;. The normalized spacial score (nSPS) is 11.4. The quantitative estimate of drug-likeness (QED) is 0.206. The highest BCUT2D eigenvalue weighted by atomic mass is 14.7. The Labute approximate surface area is 179 Å². The van der Waals surface area contributed by atoms with Crippen LogP contribution in [0.1, 0.15) is 126 Å². The van der Waals surface area contributed by atoms with Gasteiger partial charge in [0.15, 0.2) is 0 Å². The summed E-state index contributed by atoms with van der Waals surface area (Å²) >= 11 is 0. The summed E-state index contributed by atoms with van der Waals surface area (Å²) in [4.78, 5) is 4.08. The van der Waals surface area contributed by atoms with E-state index in [4.69, 9.17) is 0 Å². The third-order valence-electron chi connectivity index (χ3n) is 4.30. The van der Waals surface area contributed by atoms with Crippen LogP contribution in [0.4, 0.5) is 0 Å². The van der Waals surface area contributed by atoms with E-state index in [-0.39, 0.29) is 0 Å². The summed E-state index contributed by atoms with van der Waals surface area (Å²) in [7, 11) is 0. The first-order chi connectivity index (χ1) is 13.5. The fourth-order valence-corrected chi connectivity index (χ4v) is 2.56. The molecular weight excluding hydrogens is 338 g/mol. The van der Waals surface area contributed by atoms with Crippen LogP contribution in [0, 0.1) is 5.92 Å². The van der Waals surface area contributed by atoms with Crippen molar-refractivity contribution in [1.82, 2.24) is 0 Å². The van der Waals surface area contributed by atoms with Crippen molar-refractivity contribution in [2.75, 3.05) is 0 Å². The summed E-state index contributed by atoms with van der Waals surface area (Å²) in [5.74, 6) is 0.862. The Balaban J connectivity index is -0.000000414. The molecule has 0 aromatic rings. The van der Waals surface area contributed by atoms with Gasteiger partial charge in [0.1, 0.15) is 0 Å². The molecule has 0 atom stereocenters. The van der Waals surface area contributed by atoms with Crippen LogP contribution in [0.3, 0.4) is 0 Å². The summed E-state index contributed by atoms with van der Waals surface area (Å²) in [5, 5.41) is 0. The molecule has 0 aliphatic heterocycles. The fraction of sp³-hybridized carbons (Fsp3) is 0.741. The highest BCUT2D eigenvalue weighted by Gasteiger charge is 2.02. The first-order valence-corrected chi connectivity index (χ1v) is 12.0. The minimum absolute atomic E-state index is 0.856. The van der Waals surface area contributed by atoms with Gasteiger partial charge in [-0.25, -0.2) is 0 Å². The van der Waals surface area contributed by atoms with Crippen LogP contribution >= 0.6 is 0 Å². The number of hydrogen-bond donors (Lipinski definition) is 0. The summed E-state index contributed by atoms with van der Waals surface area (Å²) in [6.45, 7) is 20.7. The predicted molar refractivity (Wildman–Crippen MR) is 135 cm³/mol. The van der Waals surface area contributed by atoms with E-state index < -0.39 is 0 Å². The zero-order valence-electron chi connectivity index (χ0n) is 20.8. The largest absolute Gasteiger partial charge is 0.262 e. The number of nitrogens with zero attached hydrogens (tertiary/aromatic N) is 1. The van der Waals surface area contributed by atoms with E-state index in [2.05, 4.69) is 64.4 Å². The van der Waals surface area contributed by atoms with Gasteiger partial charge in [0.2, 0.25) is 0 Å². The molecule has 28 heavy (non-hydrogen) atoms. The van der Waals surface area contributed by atoms with Gasteiger partial charge in [0.05, 0.1) is 0 Å². The van der Waals surface area contributed by atoms with Gasteiger partial charge in [-0.1, -0.05) is 104 Å². The Morgan fingerprint density at radius 2 is 1.39 bits per heavy atom. The van der Waals surface area contributed by atoms with Crippen molar-refractivity contribution in [3.05, 3.63) is 36.1 Å². The second-order valence-corrected chi connectivity index (χ2v) is 7.39. The van der Waals surface area contributed by atoms with Crippen molar-refractivity contribution in [1.29, 1.82) is 0 Å². The molecule has 0 amide bonds. The molecule has 0 heterocycles. The number of rotatable bonds is 14. The lowest BCUT2D eigenvalue weighted by Crippen LogP contribution is -1.96. The first kappa shape index (κ1) is 31.6. The number of aliphatic imine (C=N–C) groups is 1. The summed E-state index contributed by atoms with van der Waals surface area (Å²) in [6, 6.07) is 0. The molecule has 0 aromatic carbocycles. The van der Waals surface area contributed by atoms with E-state index in [1.165, 1.54) is 76.2 Å². The predicted octanol–water partition coefficient (Wildman–Crippen LogP) is 10.1. The van der Waals surface area contributed by atoms with Crippen molar-refractivity contribution in [3.8, 4) is 0 Å². The van der Waals surface area contributed by atoms with Gasteiger partial charge in [-0.2, -0.15) is 0 Å². The molecule has 0 bridgehead atoms. The Hall–Kier alpha value is -1.11. The maximum absolute atomic E-state index is 4.08. The van der Waals surface area contributed by atoms with Gasteiger partial charge >= 0.3 is 0 Å². The van der Waals surface area contributed by atoms with Crippen LogP contribution in [0.25, 0.3) is 0 Å². The van der Waals surface area contributed by atoms with Crippen LogP contribution in [0.5, 0.6) is 0 Å². The van der Waals surface area contributed by atoms with Gasteiger partial charge in [-0.3, -0.25) is 4.99 Å². The maximum Gasteiger partial charge on any atom is 0.0300 e. The molecule has 0 aliphatic carbocycles. The second-order valence-electron chi connectivity index (χ2n) is 7.39. The van der Waals surface area contributed by atoms with Gasteiger partial charge < -0.3 is 0 Å². The Morgan fingerprint density at radius 3 is 1.82 bits per heavy atom. The fourth-order valence-electron chi connectivity index (χ4n) is 2.56. The summed E-state index contributed by atoms with van der Waals surface area (Å²) in [6.07, 6.45) is 23.2. The van der Waals surface area contributed by atoms with E-state index in [1.54, 1.807) is 0 Å². The second kappa shape index (κ2) is 28.1. The van der Waals surface area contributed by atoms with Gasteiger partial charge in [0.25, 0.3) is 0 Å². The van der Waals surface area contributed by atoms with Crippen LogP contribution in [-0.2, 0) is 0 Å². The van der Waals surface area contributed by atoms with E-state index in [0.717, 1.165) is 11.6 Å². The molecule has 0 aliphatic rings. The molecule has 0 N–H and O–H groups in total. The monoisotopic (exact) mass is 391 g/mol. The summed E-state index contributed by atoms with van der Waals surface area (Å²) in [5.41, 5.74) is 2.25. The smallest absolute Gasteiger partial charge is 0.0300 e. The van der Waals surface area contributed by atoms with Crippen molar-refractivity contribution in [2.24, 2.45) is 10.9 Å². The lowest BCUT2D eigenvalue weighted by atomic mass is 9.95. The molecule has 0 saturated carbocycles. The van der Waals surface area contributed by atoms with Crippen LogP contribution < -0.4 is 0 Å². The van der Waals surface area contributed by atoms with Crippen LogP contribution in [-0.4, -0.2) is 6.21 Å². The van der Waals surface area contributed by atoms with Crippen molar-refractivity contribution in [2.45, 2.75) is 126 Å². The van der Waals surface area contributed by atoms with Gasteiger partial charge in [-0.15, -0.1) is 0 Å². The zero-order valence-corrected chi connectivity index (χ0v) is 20.8. The molecule has 0 spiro atoms. The molecule has 0 saturated heterocycles. The molecule has 1 heteroatoms. The lowest BCUT2D eigenvalue weighted by Gasteiger charge is -2.11. The average Bonchev–Trinajstić information content (AvgIpc) is 2.70. The molecule has 0 rings (SSSR count). The highest BCUT2D eigenvalue weighted by molar-refractivity contribution is 5.72. The van der Waals surface area contributed by atoms with E-state index in [1.807, 2.05) is 27.0 Å². The third kappa shape index (κ3) is 29.6. The number of hydrogen-bond acceptors (Lipinski definition) is 1. The zero-order chi connectivity index (χ0) is 22.0. The number of unbranched alkanes of at least 4 members (excludes halogenated alkanes) is 4. The first-order valence-electron chi connectivity index (χ1n) is 12.0. The van der Waals surface area contributed by atoms with E-state index >= 15 is 0 Å². The maximum atomic E-state index is 4.08. The topological polar surface area (TPSA) is 12.4 Å². The third-order valence-corrected chi connectivity index (χ3v) is 4.30. The SMILES string of the molecule is C=C(C)N=C/C=C(\C)CCCC.CC.CCC/C=C\C(CCCC)CCCC. The molecule has 1 nitrogen and oxygen atoms in total. The minimum Gasteiger partial charge on any atom is -0.262 e. The minimum atomic E-state index is 0.856. The van der Waals surface area contributed by atoms with E-state index in [0.29, 0.717) is 0 Å². The Kier molecular flexibility index (Phi) is 31.7. The van der Waals surface area contributed by atoms with Crippen molar-refractivity contribution < 1.29 is 0 Å².